The Kier molecular flexibility index (Phi) is 4.24. The number of aliphatic hydroxyl groups excluding tert-OH is 1. The third-order valence-electron chi connectivity index (χ3n) is 6.62. The largest absolute Gasteiger partial charge is 0.472 e. The fraction of sp³-hybridized carbons (Fsp3) is 0.700. The van der Waals surface area contributed by atoms with Gasteiger partial charge in [0.25, 0.3) is 0 Å². The zero-order valence-corrected chi connectivity index (χ0v) is 14.3. The first-order valence-corrected chi connectivity index (χ1v) is 8.78. The van der Waals surface area contributed by atoms with Crippen LogP contribution in [0.25, 0.3) is 0 Å². The molecule has 0 aromatic carbocycles. The molecule has 22 heavy (non-hydrogen) atoms. The molecular weight excluding hydrogens is 272 g/mol. The summed E-state index contributed by atoms with van der Waals surface area (Å²) in [4.78, 5) is 0. The maximum atomic E-state index is 9.87. The van der Waals surface area contributed by atoms with Gasteiger partial charge in [-0.1, -0.05) is 33.3 Å². The zero-order chi connectivity index (χ0) is 15.8. The molecule has 2 aliphatic carbocycles. The first kappa shape index (κ1) is 15.9. The number of aryl methyl sites for hydroxylation is 1. The molecule has 3 atom stereocenters. The van der Waals surface area contributed by atoms with E-state index in [1.807, 2.05) is 6.26 Å². The van der Waals surface area contributed by atoms with Crippen LogP contribution >= 0.6 is 0 Å². The van der Waals surface area contributed by atoms with Crippen LogP contribution in [0.5, 0.6) is 0 Å². The first-order chi connectivity index (χ1) is 10.5. The van der Waals surface area contributed by atoms with Gasteiger partial charge in [0.2, 0.25) is 0 Å². The number of allylic oxidation sites excluding steroid dienone is 1. The lowest BCUT2D eigenvalue weighted by molar-refractivity contribution is -0.0420. The normalized spacial score (nSPS) is 34.1. The van der Waals surface area contributed by atoms with Gasteiger partial charge in [0, 0.05) is 0 Å². The molecule has 1 aromatic heterocycles. The topological polar surface area (TPSA) is 33.4 Å². The van der Waals surface area contributed by atoms with Gasteiger partial charge in [0.15, 0.2) is 0 Å². The van der Waals surface area contributed by atoms with Crippen molar-refractivity contribution in [3.63, 3.8) is 0 Å². The second-order valence-electron chi connectivity index (χ2n) is 8.30. The molecule has 0 spiro atoms. The van der Waals surface area contributed by atoms with E-state index in [4.69, 9.17) is 4.42 Å². The highest BCUT2D eigenvalue weighted by Gasteiger charge is 2.51. The molecule has 1 fully saturated rings. The summed E-state index contributed by atoms with van der Waals surface area (Å²) in [6, 6.07) is 2.07. The molecule has 0 saturated heterocycles. The number of hydrogen-bond acceptors (Lipinski definition) is 2. The fourth-order valence-corrected chi connectivity index (χ4v) is 5.44. The summed E-state index contributed by atoms with van der Waals surface area (Å²) >= 11 is 0. The van der Waals surface area contributed by atoms with Gasteiger partial charge in [-0.05, 0) is 72.0 Å². The van der Waals surface area contributed by atoms with Crippen LogP contribution in [-0.2, 0) is 6.42 Å². The van der Waals surface area contributed by atoms with Gasteiger partial charge in [-0.15, -0.1) is 0 Å². The average Bonchev–Trinajstić information content (AvgIpc) is 2.97. The fourth-order valence-electron chi connectivity index (χ4n) is 5.44. The van der Waals surface area contributed by atoms with Crippen LogP contribution in [0.3, 0.4) is 0 Å². The molecule has 0 aliphatic heterocycles. The highest BCUT2D eigenvalue weighted by atomic mass is 16.3. The van der Waals surface area contributed by atoms with E-state index in [0.717, 1.165) is 25.2 Å². The zero-order valence-electron chi connectivity index (χ0n) is 14.3. The summed E-state index contributed by atoms with van der Waals surface area (Å²) in [6.45, 7) is 7.60. The summed E-state index contributed by atoms with van der Waals surface area (Å²) in [5.74, 6) is 1.24. The van der Waals surface area contributed by atoms with Crippen LogP contribution in [0.15, 0.2) is 34.7 Å². The summed E-state index contributed by atoms with van der Waals surface area (Å²) in [5.41, 5.74) is 3.30. The van der Waals surface area contributed by atoms with Gasteiger partial charge in [-0.3, -0.25) is 0 Å². The van der Waals surface area contributed by atoms with Crippen LogP contribution in [0.1, 0.15) is 58.4 Å². The van der Waals surface area contributed by atoms with E-state index in [1.165, 1.54) is 30.4 Å². The quantitative estimate of drug-likeness (QED) is 0.795. The minimum atomic E-state index is 0.221. The Hall–Kier alpha value is -1.02. The molecule has 1 N–H and O–H groups in total. The summed E-state index contributed by atoms with van der Waals surface area (Å²) in [5, 5.41) is 9.87. The van der Waals surface area contributed by atoms with Crippen molar-refractivity contribution in [1.29, 1.82) is 0 Å². The SMILES string of the molecule is CC1(C)CCC[C@@]2(C)[C@H](CCc3ccoc3)C(CO)=CC[C@H]12. The summed E-state index contributed by atoms with van der Waals surface area (Å²) in [6.07, 6.45) is 13.2. The Labute approximate surface area is 134 Å². The van der Waals surface area contributed by atoms with Gasteiger partial charge >= 0.3 is 0 Å². The Morgan fingerprint density at radius 2 is 2.09 bits per heavy atom. The Balaban J connectivity index is 1.86. The van der Waals surface area contributed by atoms with Gasteiger partial charge in [0.05, 0.1) is 19.1 Å². The van der Waals surface area contributed by atoms with Crippen molar-refractivity contribution in [2.75, 3.05) is 6.61 Å². The molecule has 1 heterocycles. The van der Waals surface area contributed by atoms with Crippen LogP contribution in [0.4, 0.5) is 0 Å². The van der Waals surface area contributed by atoms with E-state index in [2.05, 4.69) is 32.9 Å². The van der Waals surface area contributed by atoms with Gasteiger partial charge in [-0.2, -0.15) is 0 Å². The highest BCUT2D eigenvalue weighted by molar-refractivity contribution is 5.21. The molecule has 0 radical (unpaired) electrons. The van der Waals surface area contributed by atoms with E-state index in [-0.39, 0.29) is 6.61 Å². The lowest BCUT2D eigenvalue weighted by Crippen LogP contribution is -2.49. The number of rotatable bonds is 4. The molecule has 2 heteroatoms. The van der Waals surface area contributed by atoms with Crippen LogP contribution < -0.4 is 0 Å². The van der Waals surface area contributed by atoms with Crippen LogP contribution in [0.2, 0.25) is 0 Å². The maximum absolute atomic E-state index is 9.87. The molecule has 0 amide bonds. The van der Waals surface area contributed by atoms with Gasteiger partial charge < -0.3 is 9.52 Å². The van der Waals surface area contributed by atoms with Crippen molar-refractivity contribution in [3.05, 3.63) is 35.8 Å². The Morgan fingerprint density at radius 1 is 1.27 bits per heavy atom. The number of hydrogen-bond donors (Lipinski definition) is 1. The maximum Gasteiger partial charge on any atom is 0.0934 e. The molecule has 0 unspecified atom stereocenters. The molecule has 3 rings (SSSR count). The molecule has 2 aliphatic rings. The van der Waals surface area contributed by atoms with E-state index >= 15 is 0 Å². The average molecular weight is 302 g/mol. The third-order valence-corrected chi connectivity index (χ3v) is 6.62. The number of fused-ring (bicyclic) bond motifs is 1. The molecular formula is C20H30O2. The lowest BCUT2D eigenvalue weighted by Gasteiger charge is -2.57. The van der Waals surface area contributed by atoms with Crippen molar-refractivity contribution in [3.8, 4) is 0 Å². The smallest absolute Gasteiger partial charge is 0.0934 e. The van der Waals surface area contributed by atoms with E-state index in [1.54, 1.807) is 6.26 Å². The van der Waals surface area contributed by atoms with Crippen molar-refractivity contribution in [2.24, 2.45) is 22.7 Å². The highest BCUT2D eigenvalue weighted by Crippen LogP contribution is 2.60. The van der Waals surface area contributed by atoms with Crippen LogP contribution in [0, 0.1) is 22.7 Å². The number of furan rings is 1. The van der Waals surface area contributed by atoms with Crippen molar-refractivity contribution in [2.45, 2.75) is 59.3 Å². The Morgan fingerprint density at radius 3 is 2.77 bits per heavy atom. The van der Waals surface area contributed by atoms with E-state index < -0.39 is 0 Å². The first-order valence-electron chi connectivity index (χ1n) is 8.78. The standard InChI is InChI=1S/C20H30O2/c1-19(2)10-4-11-20(3)17(7-5-15-9-12-22-14-15)16(13-21)6-8-18(19)20/h6,9,12,14,17-18,21H,4-5,7-8,10-11,13H2,1-3H3/t17-,18-,20+/m1/s1. The predicted octanol–water partition coefficient (Wildman–Crippen LogP) is 4.98. The van der Waals surface area contributed by atoms with Crippen molar-refractivity contribution >= 4 is 0 Å². The molecule has 1 aromatic rings. The molecule has 1 saturated carbocycles. The van der Waals surface area contributed by atoms with Crippen molar-refractivity contribution in [1.82, 2.24) is 0 Å². The van der Waals surface area contributed by atoms with Crippen molar-refractivity contribution < 1.29 is 9.52 Å². The monoisotopic (exact) mass is 302 g/mol. The second-order valence-corrected chi connectivity index (χ2v) is 8.30. The summed E-state index contributed by atoms with van der Waals surface area (Å²) < 4.78 is 5.21. The third kappa shape index (κ3) is 2.67. The lowest BCUT2D eigenvalue weighted by atomic mass is 9.48. The molecule has 122 valence electrons. The Bertz CT molecular complexity index is 526. The van der Waals surface area contributed by atoms with E-state index in [0.29, 0.717) is 16.7 Å². The van der Waals surface area contributed by atoms with Crippen LogP contribution in [-0.4, -0.2) is 11.7 Å². The summed E-state index contributed by atoms with van der Waals surface area (Å²) in [7, 11) is 0. The van der Waals surface area contributed by atoms with Gasteiger partial charge in [0.1, 0.15) is 0 Å². The van der Waals surface area contributed by atoms with Gasteiger partial charge in [-0.25, -0.2) is 0 Å². The predicted molar refractivity (Wildman–Crippen MR) is 89.5 cm³/mol. The number of aliphatic hydroxyl groups is 1. The minimum absolute atomic E-state index is 0.221. The second kappa shape index (κ2) is 5.88. The van der Waals surface area contributed by atoms with E-state index in [9.17, 15) is 5.11 Å². The molecule has 0 bridgehead atoms. The minimum Gasteiger partial charge on any atom is -0.472 e. The molecule has 2 nitrogen and oxygen atoms in total.